The zero-order valence-corrected chi connectivity index (χ0v) is 28.3. The molecular weight excluding hydrogens is 613 g/mol. The molecule has 0 N–H and O–H groups in total. The largest absolute Gasteiger partial charge is 0.294 e. The molecule has 6 rings (SSSR count). The van der Waals surface area contributed by atoms with E-state index in [4.69, 9.17) is 10.2 Å². The van der Waals surface area contributed by atoms with Crippen LogP contribution in [0.4, 0.5) is 0 Å². The Hall–Kier alpha value is -6.07. The lowest BCUT2D eigenvalue weighted by molar-refractivity contribution is 0.0999. The van der Waals surface area contributed by atoms with Gasteiger partial charge in [-0.05, 0) is 27.8 Å². The molecule has 0 atom stereocenters. The Morgan fingerprint density at radius 2 is 0.700 bits per heavy atom. The first-order chi connectivity index (χ1) is 24.7. The number of hydrogen-bond donors (Lipinski definition) is 0. The van der Waals surface area contributed by atoms with Crippen LogP contribution in [-0.2, 0) is 26.2 Å². The highest BCUT2D eigenvalue weighted by atomic mass is 16.1. The van der Waals surface area contributed by atoms with Crippen LogP contribution in [0.2, 0.25) is 0 Å². The summed E-state index contributed by atoms with van der Waals surface area (Å²) in [5.74, 6) is 0.0292. The van der Waals surface area contributed by atoms with E-state index in [-0.39, 0.29) is 12.2 Å². The number of benzene rings is 6. The maximum absolute atomic E-state index is 13.8. The van der Waals surface area contributed by atoms with Gasteiger partial charge in [-0.2, -0.15) is 10.2 Å². The molecule has 0 aliphatic carbocycles. The molecule has 5 nitrogen and oxygen atoms in total. The number of carbonyl (C=O) groups excluding carboxylic acids is 1. The first kappa shape index (κ1) is 33.8. The first-order valence-electron chi connectivity index (χ1n) is 17.1. The van der Waals surface area contributed by atoms with Crippen molar-refractivity contribution in [3.63, 3.8) is 0 Å². The molecule has 0 saturated heterocycles. The van der Waals surface area contributed by atoms with Crippen LogP contribution in [0.15, 0.2) is 192 Å². The van der Waals surface area contributed by atoms with Crippen LogP contribution >= 0.6 is 0 Å². The molecule has 248 valence electrons. The van der Waals surface area contributed by atoms with Gasteiger partial charge >= 0.3 is 0 Å². The minimum atomic E-state index is 0.0292. The monoisotopic (exact) mass is 654 g/mol. The van der Waals surface area contributed by atoms with Gasteiger partial charge in [-0.1, -0.05) is 182 Å². The second-order valence-electron chi connectivity index (χ2n) is 12.3. The molecular formula is C45H42N4O. The molecule has 0 amide bonds. The van der Waals surface area contributed by atoms with Crippen LogP contribution in [0.1, 0.15) is 51.0 Å². The van der Waals surface area contributed by atoms with Gasteiger partial charge in [0.25, 0.3) is 0 Å². The van der Waals surface area contributed by atoms with Crippen molar-refractivity contribution in [1.82, 2.24) is 10.0 Å². The average Bonchev–Trinajstić information content (AvgIpc) is 3.17. The van der Waals surface area contributed by atoms with Crippen molar-refractivity contribution in [3.05, 3.63) is 215 Å². The van der Waals surface area contributed by atoms with Gasteiger partial charge < -0.3 is 0 Å². The summed E-state index contributed by atoms with van der Waals surface area (Å²) in [6.07, 6.45) is 0.579. The fraction of sp³-hybridized carbons (Fsp3) is 0.133. The molecule has 0 aromatic heterocycles. The van der Waals surface area contributed by atoms with E-state index in [0.717, 1.165) is 28.1 Å². The van der Waals surface area contributed by atoms with Crippen molar-refractivity contribution in [2.75, 3.05) is 0 Å². The molecule has 0 bridgehead atoms. The van der Waals surface area contributed by atoms with E-state index in [1.807, 2.05) is 97.1 Å². The highest BCUT2D eigenvalue weighted by molar-refractivity contribution is 6.18. The molecule has 6 aromatic rings. The van der Waals surface area contributed by atoms with Gasteiger partial charge in [0.05, 0.1) is 44.0 Å². The van der Waals surface area contributed by atoms with Crippen LogP contribution in [-0.4, -0.2) is 27.2 Å². The van der Waals surface area contributed by atoms with Gasteiger partial charge in [-0.15, -0.1) is 0 Å². The number of nitrogens with zero attached hydrogens (tertiary/aromatic N) is 4. The van der Waals surface area contributed by atoms with Crippen molar-refractivity contribution in [1.29, 1.82) is 0 Å². The van der Waals surface area contributed by atoms with Crippen LogP contribution in [0.3, 0.4) is 0 Å². The molecule has 0 aliphatic heterocycles. The zero-order chi connectivity index (χ0) is 34.2. The molecule has 0 fully saturated rings. The Kier molecular flexibility index (Phi) is 12.1. The smallest absolute Gasteiger partial charge is 0.168 e. The van der Waals surface area contributed by atoms with Crippen molar-refractivity contribution in [2.24, 2.45) is 10.2 Å². The topological polar surface area (TPSA) is 48.3 Å². The normalized spacial score (nSPS) is 11.6. The predicted molar refractivity (Wildman–Crippen MR) is 205 cm³/mol. The molecule has 0 radical (unpaired) electrons. The molecule has 5 heteroatoms. The second kappa shape index (κ2) is 17.9. The summed E-state index contributed by atoms with van der Waals surface area (Å²) in [7, 11) is 0. The Balaban J connectivity index is 1.41. The summed E-state index contributed by atoms with van der Waals surface area (Å²) in [4.78, 5) is 13.8. The van der Waals surface area contributed by atoms with E-state index in [0.29, 0.717) is 38.2 Å². The Bertz CT molecular complexity index is 1860. The molecule has 50 heavy (non-hydrogen) atoms. The number of hydrogen-bond acceptors (Lipinski definition) is 5. The minimum Gasteiger partial charge on any atom is -0.294 e. The van der Waals surface area contributed by atoms with E-state index in [1.54, 1.807) is 0 Å². The lowest BCUT2D eigenvalue weighted by Crippen LogP contribution is -2.24. The van der Waals surface area contributed by atoms with E-state index in [9.17, 15) is 4.79 Å². The first-order valence-corrected chi connectivity index (χ1v) is 17.1. The Morgan fingerprint density at radius 1 is 0.380 bits per heavy atom. The zero-order valence-electron chi connectivity index (χ0n) is 28.3. The van der Waals surface area contributed by atoms with Crippen LogP contribution in [0.5, 0.6) is 0 Å². The van der Waals surface area contributed by atoms with E-state index < -0.39 is 0 Å². The number of rotatable bonds is 16. The van der Waals surface area contributed by atoms with E-state index >= 15 is 0 Å². The van der Waals surface area contributed by atoms with Gasteiger partial charge in [0.15, 0.2) is 5.78 Å². The third-order valence-electron chi connectivity index (χ3n) is 8.32. The Labute approximate surface area is 295 Å². The summed E-state index contributed by atoms with van der Waals surface area (Å²) in [5.41, 5.74) is 7.92. The summed E-state index contributed by atoms with van der Waals surface area (Å²) < 4.78 is 0. The second-order valence-corrected chi connectivity index (χ2v) is 12.3. The summed E-state index contributed by atoms with van der Waals surface area (Å²) >= 11 is 0. The fourth-order valence-electron chi connectivity index (χ4n) is 5.86. The fourth-order valence-corrected chi connectivity index (χ4v) is 5.86. The van der Waals surface area contributed by atoms with Crippen LogP contribution < -0.4 is 0 Å². The molecule has 0 unspecified atom stereocenters. The molecule has 6 aromatic carbocycles. The summed E-state index contributed by atoms with van der Waals surface area (Å²) in [5, 5.41) is 14.9. The number of carbonyl (C=O) groups is 1. The molecule has 0 aliphatic rings. The molecule has 0 saturated carbocycles. The van der Waals surface area contributed by atoms with Crippen LogP contribution in [0, 0.1) is 0 Å². The number of hydrazone groups is 2. The van der Waals surface area contributed by atoms with E-state index in [1.165, 1.54) is 11.1 Å². The SMILES string of the molecule is O=C(C/C(C/C(=N\N(Cc1ccccc1)Cc1ccccc1)c1ccccc1)=N/N(Cc1ccccc1)Cc1ccccc1)c1ccccc1. The predicted octanol–water partition coefficient (Wildman–Crippen LogP) is 9.81. The highest BCUT2D eigenvalue weighted by Crippen LogP contribution is 2.18. The quantitative estimate of drug-likeness (QED) is 0.0593. The molecule has 0 spiro atoms. The van der Waals surface area contributed by atoms with Gasteiger partial charge in [0.2, 0.25) is 0 Å². The highest BCUT2D eigenvalue weighted by Gasteiger charge is 2.18. The van der Waals surface area contributed by atoms with Gasteiger partial charge in [-0.3, -0.25) is 14.8 Å². The van der Waals surface area contributed by atoms with Gasteiger partial charge in [0.1, 0.15) is 0 Å². The standard InChI is InChI=1S/C45H42N4O/c50-45(42-29-17-6-18-30-42)32-43(46-48(33-37-19-7-1-8-20-37)34-38-21-9-2-10-22-38)31-44(41-27-15-5-16-28-41)47-49(35-39-23-11-3-12-24-39)36-40-25-13-4-14-26-40/h1-30H,31-36H2/b46-43+,47-44+. The summed E-state index contributed by atoms with van der Waals surface area (Å²) in [6.45, 7) is 2.47. The lowest BCUT2D eigenvalue weighted by Gasteiger charge is -2.24. The van der Waals surface area contributed by atoms with Crippen molar-refractivity contribution in [3.8, 4) is 0 Å². The van der Waals surface area contributed by atoms with Crippen molar-refractivity contribution >= 4 is 17.2 Å². The maximum Gasteiger partial charge on any atom is 0.168 e. The van der Waals surface area contributed by atoms with Gasteiger partial charge in [-0.25, -0.2) is 0 Å². The van der Waals surface area contributed by atoms with Crippen LogP contribution in [0.25, 0.3) is 0 Å². The van der Waals surface area contributed by atoms with E-state index in [2.05, 4.69) is 94.9 Å². The maximum atomic E-state index is 13.8. The lowest BCUT2D eigenvalue weighted by atomic mass is 9.99. The van der Waals surface area contributed by atoms with Crippen molar-refractivity contribution < 1.29 is 4.79 Å². The summed E-state index contributed by atoms with van der Waals surface area (Å²) in [6, 6.07) is 61.3. The van der Waals surface area contributed by atoms with Gasteiger partial charge in [0, 0.05) is 12.0 Å². The van der Waals surface area contributed by atoms with Crippen molar-refractivity contribution in [2.45, 2.75) is 39.0 Å². The molecule has 0 heterocycles. The minimum absolute atomic E-state index is 0.0292. The average molecular weight is 655 g/mol. The third kappa shape index (κ3) is 10.5. The number of ketones is 1. The Morgan fingerprint density at radius 3 is 1.08 bits per heavy atom. The third-order valence-corrected chi connectivity index (χ3v) is 8.32. The number of Topliss-reactive ketones (excluding diaryl/α,β-unsaturated/α-hetero) is 1.